The topological polar surface area (TPSA) is 41.6 Å². The molecule has 1 spiro atoms. The van der Waals surface area contributed by atoms with Crippen LogP contribution in [0.2, 0.25) is 0 Å². The number of hydrogen-bond acceptors (Lipinski definition) is 3. The van der Waals surface area contributed by atoms with E-state index in [2.05, 4.69) is 23.4 Å². The highest BCUT2D eigenvalue weighted by molar-refractivity contribution is 5.81. The number of nitrogens with zero attached hydrogens (tertiary/aromatic N) is 2. The zero-order valence-electron chi connectivity index (χ0n) is 9.58. The van der Waals surface area contributed by atoms with E-state index in [9.17, 15) is 0 Å². The Morgan fingerprint density at radius 3 is 3.13 bits per heavy atom. The largest absolute Gasteiger partial charge is 0.370 e. The van der Waals surface area contributed by atoms with Crippen LogP contribution in [-0.4, -0.2) is 29.5 Å². The maximum absolute atomic E-state index is 5.96. The molecular formula is C12H21N3. The fourth-order valence-corrected chi connectivity index (χ4v) is 3.05. The van der Waals surface area contributed by atoms with E-state index in [0.29, 0.717) is 11.9 Å². The molecule has 2 N–H and O–H groups in total. The summed E-state index contributed by atoms with van der Waals surface area (Å²) in [5.74, 6) is 1.40. The van der Waals surface area contributed by atoms with Crippen LogP contribution in [0.1, 0.15) is 32.6 Å². The molecule has 1 fully saturated rings. The van der Waals surface area contributed by atoms with Crippen molar-refractivity contribution in [3.63, 3.8) is 0 Å². The highest BCUT2D eigenvalue weighted by atomic mass is 15.4. The molecular weight excluding hydrogens is 186 g/mol. The third-order valence-electron chi connectivity index (χ3n) is 4.05. The van der Waals surface area contributed by atoms with Gasteiger partial charge in [-0.1, -0.05) is 25.8 Å². The lowest BCUT2D eigenvalue weighted by molar-refractivity contribution is 0.0913. The molecule has 0 aromatic carbocycles. The van der Waals surface area contributed by atoms with E-state index in [-0.39, 0.29) is 5.54 Å². The first-order chi connectivity index (χ1) is 7.20. The van der Waals surface area contributed by atoms with Gasteiger partial charge in [-0.3, -0.25) is 4.99 Å². The first-order valence-corrected chi connectivity index (χ1v) is 5.89. The minimum Gasteiger partial charge on any atom is -0.370 e. The quantitative estimate of drug-likeness (QED) is 0.701. The Labute approximate surface area is 92.0 Å². The summed E-state index contributed by atoms with van der Waals surface area (Å²) in [7, 11) is 0. The number of hydrogen-bond donors (Lipinski definition) is 1. The summed E-state index contributed by atoms with van der Waals surface area (Å²) in [6, 6.07) is 0. The Kier molecular flexibility index (Phi) is 2.72. The molecule has 3 nitrogen and oxygen atoms in total. The Morgan fingerprint density at radius 1 is 1.67 bits per heavy atom. The maximum Gasteiger partial charge on any atom is 0.192 e. The molecule has 2 atom stereocenters. The van der Waals surface area contributed by atoms with Crippen molar-refractivity contribution in [2.24, 2.45) is 16.6 Å². The van der Waals surface area contributed by atoms with Gasteiger partial charge in [-0.15, -0.1) is 6.58 Å². The summed E-state index contributed by atoms with van der Waals surface area (Å²) < 4.78 is 0. The van der Waals surface area contributed by atoms with Crippen LogP contribution in [0.4, 0.5) is 0 Å². The van der Waals surface area contributed by atoms with Crippen LogP contribution in [0.25, 0.3) is 0 Å². The second kappa shape index (κ2) is 3.87. The zero-order chi connectivity index (χ0) is 10.9. The summed E-state index contributed by atoms with van der Waals surface area (Å²) in [6.45, 7) is 7.86. The van der Waals surface area contributed by atoms with Crippen LogP contribution in [0, 0.1) is 5.92 Å². The monoisotopic (exact) mass is 207 g/mol. The molecule has 0 aromatic rings. The van der Waals surface area contributed by atoms with Crippen LogP contribution < -0.4 is 5.73 Å². The second-order valence-corrected chi connectivity index (χ2v) is 4.82. The molecule has 1 aliphatic heterocycles. The molecule has 84 valence electrons. The van der Waals surface area contributed by atoms with Crippen molar-refractivity contribution < 1.29 is 0 Å². The number of guanidine groups is 1. The molecule has 2 rings (SSSR count). The van der Waals surface area contributed by atoms with E-state index >= 15 is 0 Å². The van der Waals surface area contributed by atoms with Crippen molar-refractivity contribution in [3.05, 3.63) is 12.7 Å². The van der Waals surface area contributed by atoms with Gasteiger partial charge in [0.15, 0.2) is 5.96 Å². The summed E-state index contributed by atoms with van der Waals surface area (Å²) in [5.41, 5.74) is 6.17. The normalized spacial score (nSPS) is 35.7. The van der Waals surface area contributed by atoms with Crippen LogP contribution in [-0.2, 0) is 0 Å². The average molecular weight is 207 g/mol. The molecule has 2 aliphatic rings. The van der Waals surface area contributed by atoms with E-state index in [0.717, 1.165) is 13.1 Å². The van der Waals surface area contributed by atoms with E-state index in [4.69, 9.17) is 5.73 Å². The lowest BCUT2D eigenvalue weighted by Gasteiger charge is -2.46. The molecule has 0 saturated heterocycles. The van der Waals surface area contributed by atoms with Gasteiger partial charge in [-0.2, -0.15) is 0 Å². The van der Waals surface area contributed by atoms with Crippen molar-refractivity contribution in [3.8, 4) is 0 Å². The van der Waals surface area contributed by atoms with Gasteiger partial charge < -0.3 is 10.6 Å². The van der Waals surface area contributed by atoms with Crippen LogP contribution in [0.3, 0.4) is 0 Å². The molecule has 0 radical (unpaired) electrons. The van der Waals surface area contributed by atoms with Crippen LogP contribution in [0.5, 0.6) is 0 Å². The number of aliphatic imine (C=N–C) groups is 1. The maximum atomic E-state index is 5.96. The highest BCUT2D eigenvalue weighted by Gasteiger charge is 2.46. The molecule has 3 heteroatoms. The molecule has 1 heterocycles. The van der Waals surface area contributed by atoms with Crippen LogP contribution in [0.15, 0.2) is 17.6 Å². The molecule has 15 heavy (non-hydrogen) atoms. The second-order valence-electron chi connectivity index (χ2n) is 4.82. The van der Waals surface area contributed by atoms with Gasteiger partial charge in [0.1, 0.15) is 0 Å². The van der Waals surface area contributed by atoms with Gasteiger partial charge in [0.05, 0.1) is 12.1 Å². The smallest absolute Gasteiger partial charge is 0.192 e. The third-order valence-corrected chi connectivity index (χ3v) is 4.05. The zero-order valence-corrected chi connectivity index (χ0v) is 9.58. The predicted molar refractivity (Wildman–Crippen MR) is 63.8 cm³/mol. The van der Waals surface area contributed by atoms with Gasteiger partial charge in [0.25, 0.3) is 0 Å². The van der Waals surface area contributed by atoms with Gasteiger partial charge in [-0.05, 0) is 18.8 Å². The Balaban J connectivity index is 2.22. The van der Waals surface area contributed by atoms with Crippen molar-refractivity contribution in [2.75, 3.05) is 13.1 Å². The standard InChI is InChI=1S/C12H21N3/c1-3-8-15-11(13)14-9-12(15)7-5-4-6-10(12)2/h3,10H,1,4-9H2,2H3,(H2,13,14). The van der Waals surface area contributed by atoms with Gasteiger partial charge in [0, 0.05) is 6.54 Å². The van der Waals surface area contributed by atoms with Crippen LogP contribution >= 0.6 is 0 Å². The molecule has 1 saturated carbocycles. The number of nitrogens with two attached hydrogens (primary N) is 1. The summed E-state index contributed by atoms with van der Waals surface area (Å²) >= 11 is 0. The SMILES string of the molecule is C=CCN1C(N)=NCC12CCCCC2C. The average Bonchev–Trinajstić information content (AvgIpc) is 2.53. The van der Waals surface area contributed by atoms with Gasteiger partial charge >= 0.3 is 0 Å². The molecule has 0 aromatic heterocycles. The van der Waals surface area contributed by atoms with Gasteiger partial charge in [0.2, 0.25) is 0 Å². The Morgan fingerprint density at radius 2 is 2.47 bits per heavy atom. The first-order valence-electron chi connectivity index (χ1n) is 5.89. The van der Waals surface area contributed by atoms with E-state index in [1.165, 1.54) is 25.7 Å². The molecule has 0 amide bonds. The minimum absolute atomic E-state index is 0.205. The van der Waals surface area contributed by atoms with Gasteiger partial charge in [-0.25, -0.2) is 0 Å². The fraction of sp³-hybridized carbons (Fsp3) is 0.750. The summed E-state index contributed by atoms with van der Waals surface area (Å²) in [6.07, 6.45) is 7.12. The summed E-state index contributed by atoms with van der Waals surface area (Å²) in [4.78, 5) is 6.70. The van der Waals surface area contributed by atoms with Crippen molar-refractivity contribution >= 4 is 5.96 Å². The minimum atomic E-state index is 0.205. The highest BCUT2D eigenvalue weighted by Crippen LogP contribution is 2.40. The fourth-order valence-electron chi connectivity index (χ4n) is 3.05. The first kappa shape index (κ1) is 10.5. The molecule has 1 aliphatic carbocycles. The van der Waals surface area contributed by atoms with E-state index < -0.39 is 0 Å². The van der Waals surface area contributed by atoms with Crippen molar-refractivity contribution in [1.82, 2.24) is 4.90 Å². The lowest BCUT2D eigenvalue weighted by Crippen LogP contribution is -2.56. The lowest BCUT2D eigenvalue weighted by atomic mass is 9.73. The van der Waals surface area contributed by atoms with E-state index in [1.807, 2.05) is 6.08 Å². The van der Waals surface area contributed by atoms with Crippen molar-refractivity contribution in [1.29, 1.82) is 0 Å². The van der Waals surface area contributed by atoms with E-state index in [1.54, 1.807) is 0 Å². The molecule has 2 unspecified atom stereocenters. The van der Waals surface area contributed by atoms with Crippen molar-refractivity contribution in [2.45, 2.75) is 38.1 Å². The predicted octanol–water partition coefficient (Wildman–Crippen LogP) is 1.75. The summed E-state index contributed by atoms with van der Waals surface area (Å²) in [5, 5.41) is 0. The Bertz CT molecular complexity index is 285. The third kappa shape index (κ3) is 1.54. The number of rotatable bonds is 2. The molecule has 0 bridgehead atoms. The Hall–Kier alpha value is -0.990.